The summed E-state index contributed by atoms with van der Waals surface area (Å²) in [7, 11) is -2.66. The lowest BCUT2D eigenvalue weighted by Gasteiger charge is -2.13. The van der Waals surface area contributed by atoms with Gasteiger partial charge in [0.2, 0.25) is 17.7 Å². The van der Waals surface area contributed by atoms with Gasteiger partial charge in [0.05, 0.1) is 53.0 Å². The lowest BCUT2D eigenvalue weighted by atomic mass is 10.1. The summed E-state index contributed by atoms with van der Waals surface area (Å²) in [5.74, 6) is -5.45. The molecule has 0 radical (unpaired) electrons. The lowest BCUT2D eigenvalue weighted by Crippen LogP contribution is -2.36. The number of alkyl halides is 6. The summed E-state index contributed by atoms with van der Waals surface area (Å²) in [4.78, 5) is 82.3. The number of hydrogen-bond donors (Lipinski definition) is 4. The van der Waals surface area contributed by atoms with Gasteiger partial charge in [0, 0.05) is 23.7 Å². The zero-order valence-corrected chi connectivity index (χ0v) is 41.6. The van der Waals surface area contributed by atoms with Crippen LogP contribution in [0.2, 0.25) is 10.0 Å². The Morgan fingerprint density at radius 3 is 2.03 bits per heavy atom. The highest BCUT2D eigenvalue weighted by Gasteiger charge is 2.37. The number of ether oxygens (including phenoxy) is 6. The molecule has 1 unspecified atom stereocenters. The van der Waals surface area contributed by atoms with E-state index in [1.54, 1.807) is 37.4 Å². The maximum Gasteiger partial charge on any atom is 0.433 e. The molecule has 6 aromatic rings. The van der Waals surface area contributed by atoms with Gasteiger partial charge in [0.1, 0.15) is 34.0 Å². The number of hydrogen-bond acceptors (Lipinski definition) is 19. The number of urea groups is 1. The number of fused-ring (bicyclic) bond motifs is 1. The minimum atomic E-state index is -5.14. The number of carboxylic acids is 2. The number of aliphatic carboxylic acids is 1. The second-order valence-electron chi connectivity index (χ2n) is 14.3. The Kier molecular flexibility index (Phi) is 20.6. The van der Waals surface area contributed by atoms with E-state index in [1.807, 2.05) is 5.32 Å². The van der Waals surface area contributed by atoms with E-state index in [4.69, 9.17) is 61.8 Å². The van der Waals surface area contributed by atoms with Crippen molar-refractivity contribution in [2.45, 2.75) is 37.3 Å². The molecule has 0 bridgehead atoms. The molecule has 0 saturated carbocycles. The first-order chi connectivity index (χ1) is 36.0. The van der Waals surface area contributed by atoms with Crippen molar-refractivity contribution in [3.05, 3.63) is 128 Å². The Labute approximate surface area is 438 Å². The zero-order valence-electron chi connectivity index (χ0n) is 39.3. The number of amides is 2. The summed E-state index contributed by atoms with van der Waals surface area (Å²) >= 11 is 11.8. The summed E-state index contributed by atoms with van der Waals surface area (Å²) in [5.41, 5.74) is -4.35. The number of carbonyl (C=O) groups excluding carboxylic acids is 3. The average molecular weight is 1150 g/mol. The fourth-order valence-corrected chi connectivity index (χ4v) is 7.11. The number of carboxylic acid groups (broad SMARTS) is 2. The van der Waals surface area contributed by atoms with Gasteiger partial charge in [-0.15, -0.1) is 0 Å². The number of anilines is 1. The Morgan fingerprint density at radius 1 is 0.818 bits per heavy atom. The number of halogens is 8. The van der Waals surface area contributed by atoms with Gasteiger partial charge >= 0.3 is 42.3 Å². The molecule has 0 fully saturated rings. The molecular weight excluding hydrogens is 1120 g/mol. The second kappa shape index (κ2) is 26.1. The first kappa shape index (κ1) is 60.7. The molecule has 0 aliphatic carbocycles. The Morgan fingerprint density at radius 2 is 1.47 bits per heavy atom. The van der Waals surface area contributed by atoms with Crippen LogP contribution in [0.1, 0.15) is 45.8 Å². The second-order valence-corrected chi connectivity index (χ2v) is 16.7. The number of nitro benzene ring substituents is 1. The van der Waals surface area contributed by atoms with Crippen molar-refractivity contribution in [1.82, 2.24) is 24.7 Å². The number of nitrogens with one attached hydrogen (secondary N) is 2. The van der Waals surface area contributed by atoms with Gasteiger partial charge in [-0.1, -0.05) is 23.2 Å². The normalized spacial score (nSPS) is 11.5. The van der Waals surface area contributed by atoms with E-state index in [0.29, 0.717) is 34.5 Å². The maximum atomic E-state index is 12.8. The Bertz CT molecular complexity index is 3300. The van der Waals surface area contributed by atoms with Crippen molar-refractivity contribution < 1.29 is 102 Å². The summed E-state index contributed by atoms with van der Waals surface area (Å²) in [5, 5.41) is 30.1. The molecule has 3 aromatic carbocycles. The molecule has 0 spiro atoms. The fourth-order valence-electron chi connectivity index (χ4n) is 5.62. The minimum absolute atomic E-state index is 0.0398. The van der Waals surface area contributed by atoms with Crippen LogP contribution in [0.3, 0.4) is 0 Å². The van der Waals surface area contributed by atoms with Gasteiger partial charge in [-0.2, -0.15) is 44.7 Å². The van der Waals surface area contributed by atoms with Crippen LogP contribution in [0.15, 0.2) is 90.1 Å². The molecule has 410 valence electrons. The van der Waals surface area contributed by atoms with Gasteiger partial charge in [0.25, 0.3) is 15.7 Å². The number of benzene rings is 3. The third-order valence-electron chi connectivity index (χ3n) is 8.99. The van der Waals surface area contributed by atoms with Crippen molar-refractivity contribution in [2.75, 3.05) is 32.8 Å². The first-order valence-electron chi connectivity index (χ1n) is 20.7. The average Bonchev–Trinajstić information content (AvgIpc) is 3.36. The Balaban J connectivity index is 0.000000261. The third-order valence-corrected chi connectivity index (χ3v) is 10.9. The number of rotatable bonds is 16. The van der Waals surface area contributed by atoms with Crippen molar-refractivity contribution in [3.63, 3.8) is 0 Å². The van der Waals surface area contributed by atoms with Crippen LogP contribution in [-0.4, -0.2) is 107 Å². The highest BCUT2D eigenvalue weighted by atomic mass is 35.5. The molecule has 33 heteroatoms. The zero-order chi connectivity index (χ0) is 57.6. The van der Waals surface area contributed by atoms with Crippen LogP contribution >= 0.6 is 23.2 Å². The van der Waals surface area contributed by atoms with Gasteiger partial charge in [-0.3, -0.25) is 20.4 Å². The van der Waals surface area contributed by atoms with Crippen LogP contribution < -0.4 is 29.0 Å². The van der Waals surface area contributed by atoms with Gasteiger partial charge in [0.15, 0.2) is 17.7 Å². The number of aromatic carboxylic acids is 1. The molecule has 6 rings (SSSR count). The van der Waals surface area contributed by atoms with E-state index in [2.05, 4.69) is 19.9 Å². The number of aromatic nitrogens is 4. The van der Waals surface area contributed by atoms with Gasteiger partial charge in [-0.25, -0.2) is 33.7 Å². The molecular formula is C44H35Cl2F6N7O17S. The number of sulfonamides is 1. The standard InChI is InChI=1S/C19H15ClF3NO7.C14H12F3N5O7S.C11H8ClNO3/c1-3-29-17(25)10(2)30-18(26)13-9-12(5-6-15(13)24(27)28)31-16-7-4-11(8-14(16)20)19(21,22)23;1-28-8-5-9(29-2)20-12(19-8)21-13(25)22-30(26,27)10-6(11(23)24)3-4-7(18-10)14(15,16)17;12-8-3-4-9(16-6-10(14)15)11-7(8)2-1-5-13-11/h4-10H,3H2,1-2H3;3-5H,1-2H3,(H,23,24)(H2,19,20,21,22,25);1-5H,6H2,(H,14,15). The molecule has 3 aromatic heterocycles. The van der Waals surface area contributed by atoms with E-state index < -0.39 is 109 Å². The van der Waals surface area contributed by atoms with Crippen molar-refractivity contribution in [3.8, 4) is 29.0 Å². The number of esters is 2. The molecule has 24 nitrogen and oxygen atoms in total. The fraction of sp³-hybridized carbons (Fsp3) is 0.205. The topological polar surface area (TPSA) is 334 Å². The highest BCUT2D eigenvalue weighted by Crippen LogP contribution is 2.38. The number of carbonyl (C=O) groups is 5. The van der Waals surface area contributed by atoms with Crippen LogP contribution in [0.25, 0.3) is 10.9 Å². The highest BCUT2D eigenvalue weighted by molar-refractivity contribution is 7.90. The number of pyridine rings is 2. The van der Waals surface area contributed by atoms with Crippen LogP contribution in [0.5, 0.6) is 29.0 Å². The summed E-state index contributed by atoms with van der Waals surface area (Å²) < 4.78 is 133. The molecule has 1 atom stereocenters. The predicted molar refractivity (Wildman–Crippen MR) is 252 cm³/mol. The summed E-state index contributed by atoms with van der Waals surface area (Å²) in [6.07, 6.45) is -9.40. The summed E-state index contributed by atoms with van der Waals surface area (Å²) in [6, 6.07) is 12.6. The summed E-state index contributed by atoms with van der Waals surface area (Å²) in [6.45, 7) is 2.42. The third kappa shape index (κ3) is 17.1. The monoisotopic (exact) mass is 1150 g/mol. The number of nitrogens with zero attached hydrogens (tertiary/aromatic N) is 5. The first-order valence-corrected chi connectivity index (χ1v) is 22.9. The lowest BCUT2D eigenvalue weighted by molar-refractivity contribution is -0.385. The van der Waals surface area contributed by atoms with E-state index in [-0.39, 0.29) is 34.9 Å². The van der Waals surface area contributed by atoms with E-state index in [0.717, 1.165) is 35.7 Å². The van der Waals surface area contributed by atoms with Crippen LogP contribution in [-0.2, 0) is 41.4 Å². The number of nitro groups is 1. The van der Waals surface area contributed by atoms with Crippen molar-refractivity contribution in [2.24, 2.45) is 0 Å². The molecule has 0 saturated heterocycles. The molecule has 77 heavy (non-hydrogen) atoms. The van der Waals surface area contributed by atoms with E-state index in [1.165, 1.54) is 31.9 Å². The van der Waals surface area contributed by atoms with Crippen LogP contribution in [0, 0.1) is 10.1 Å². The SMILES string of the molecule is CCOC(=O)C(C)OC(=O)c1cc(Oc2ccc(C(F)(F)F)cc2Cl)ccc1[N+](=O)[O-].COc1cc(OC)nc(NC(=O)NS(=O)(=O)c2nc(C(F)(F)F)ccc2C(=O)O)n1.O=C(O)COc1ccc(Cl)c2cccnc12. The van der Waals surface area contributed by atoms with E-state index in [9.17, 15) is 68.8 Å². The van der Waals surface area contributed by atoms with Crippen molar-refractivity contribution >= 4 is 85.7 Å². The van der Waals surface area contributed by atoms with E-state index >= 15 is 0 Å². The predicted octanol–water partition coefficient (Wildman–Crippen LogP) is 8.64. The smallest absolute Gasteiger partial charge is 0.433 e. The molecule has 2 amide bonds. The van der Waals surface area contributed by atoms with Gasteiger partial charge in [-0.05, 0) is 74.5 Å². The quantitative estimate of drug-likeness (QED) is 0.0305. The minimum Gasteiger partial charge on any atom is -0.481 e. The molecule has 3 heterocycles. The van der Waals surface area contributed by atoms with Crippen LogP contribution in [0.4, 0.5) is 42.8 Å². The largest absolute Gasteiger partial charge is 0.481 e. The molecule has 0 aliphatic rings. The number of methoxy groups -OCH3 is 2. The Hall–Kier alpha value is -8.84. The molecule has 0 aliphatic heterocycles. The van der Waals surface area contributed by atoms with Gasteiger partial charge < -0.3 is 38.6 Å². The van der Waals surface area contributed by atoms with Crippen molar-refractivity contribution in [1.29, 1.82) is 0 Å². The molecule has 4 N–H and O–H groups in total. The maximum absolute atomic E-state index is 12.8.